The molecule has 0 aliphatic carbocycles. The third kappa shape index (κ3) is 4.72. The Balaban J connectivity index is 1.23. The van der Waals surface area contributed by atoms with Crippen LogP contribution in [-0.2, 0) is 0 Å². The molecule has 0 saturated carbocycles. The van der Waals surface area contributed by atoms with Crippen LogP contribution in [0.25, 0.3) is 83.5 Å². The van der Waals surface area contributed by atoms with Gasteiger partial charge in [-0.25, -0.2) is 9.97 Å². The van der Waals surface area contributed by atoms with Crippen LogP contribution < -0.4 is 10.5 Å². The zero-order valence-corrected chi connectivity index (χ0v) is 30.1. The molecule has 3 heterocycles. The van der Waals surface area contributed by atoms with Crippen LogP contribution in [0.15, 0.2) is 176 Å². The van der Waals surface area contributed by atoms with Crippen LogP contribution in [0.4, 0.5) is 0 Å². The Morgan fingerprint density at radius 3 is 1.88 bits per heavy atom. The fourth-order valence-electron chi connectivity index (χ4n) is 8.28. The summed E-state index contributed by atoms with van der Waals surface area (Å²) in [5, 5.41) is 5.12. The third-order valence-electron chi connectivity index (χ3n) is 10.8. The Kier molecular flexibility index (Phi) is 6.95. The van der Waals surface area contributed by atoms with Crippen LogP contribution in [-0.4, -0.2) is 22.6 Å². The number of nitrogens with zero attached hydrogens (tertiary/aromatic N) is 3. The van der Waals surface area contributed by atoms with Crippen molar-refractivity contribution in [3.05, 3.63) is 176 Å². The Morgan fingerprint density at radius 2 is 1.10 bits per heavy atom. The molecule has 4 heteroatoms. The van der Waals surface area contributed by atoms with Gasteiger partial charge in [0.05, 0.1) is 16.7 Å². The summed E-state index contributed by atoms with van der Waals surface area (Å²) in [6.07, 6.45) is 0. The Hall–Kier alpha value is -6.36. The summed E-state index contributed by atoms with van der Waals surface area (Å²) in [5.74, 6) is 0.787. The van der Waals surface area contributed by atoms with Crippen molar-refractivity contribution < 1.29 is 0 Å². The van der Waals surface area contributed by atoms with Crippen molar-refractivity contribution >= 4 is 40.4 Å². The lowest BCUT2D eigenvalue weighted by molar-refractivity contribution is 1.18. The lowest BCUT2D eigenvalue weighted by Gasteiger charge is -2.19. The van der Waals surface area contributed by atoms with Crippen molar-refractivity contribution in [2.75, 3.05) is 0 Å². The zero-order valence-electron chi connectivity index (χ0n) is 29.1. The summed E-state index contributed by atoms with van der Waals surface area (Å²) in [6, 6.07) is 63.3. The number of hydrogen-bond acceptors (Lipinski definition) is 2. The van der Waals surface area contributed by atoms with Crippen molar-refractivity contribution in [1.29, 1.82) is 0 Å². The topological polar surface area (TPSA) is 30.7 Å². The first kappa shape index (κ1) is 30.5. The molecule has 246 valence electrons. The van der Waals surface area contributed by atoms with E-state index in [-0.39, 0.29) is 0 Å². The van der Waals surface area contributed by atoms with Crippen molar-refractivity contribution in [2.24, 2.45) is 0 Å². The normalized spacial score (nSPS) is 13.0. The first-order valence-corrected chi connectivity index (χ1v) is 20.9. The van der Waals surface area contributed by atoms with Gasteiger partial charge in [0.2, 0.25) is 0 Å². The van der Waals surface area contributed by atoms with Crippen LogP contribution in [0.1, 0.15) is 0 Å². The predicted octanol–water partition coefficient (Wildman–Crippen LogP) is 11.0. The van der Waals surface area contributed by atoms with Gasteiger partial charge in [0.15, 0.2) is 5.82 Å². The summed E-state index contributed by atoms with van der Waals surface area (Å²) >= 11 is 0. The van der Waals surface area contributed by atoms with E-state index in [1.807, 2.05) is 6.07 Å². The first-order chi connectivity index (χ1) is 25.6. The molecule has 3 nitrogen and oxygen atoms in total. The van der Waals surface area contributed by atoms with Crippen LogP contribution in [0.5, 0.6) is 0 Å². The number of fused-ring (bicyclic) bond motifs is 6. The molecule has 1 aliphatic rings. The van der Waals surface area contributed by atoms with Gasteiger partial charge in [0, 0.05) is 38.5 Å². The summed E-state index contributed by atoms with van der Waals surface area (Å²) < 4.78 is 2.40. The second-order valence-corrected chi connectivity index (χ2v) is 18.5. The molecule has 0 amide bonds. The van der Waals surface area contributed by atoms with Gasteiger partial charge in [0.1, 0.15) is 8.07 Å². The first-order valence-electron chi connectivity index (χ1n) is 17.9. The quantitative estimate of drug-likeness (QED) is 0.169. The van der Waals surface area contributed by atoms with E-state index < -0.39 is 8.07 Å². The lowest BCUT2D eigenvalue weighted by atomic mass is 9.94. The zero-order chi connectivity index (χ0) is 34.8. The van der Waals surface area contributed by atoms with Gasteiger partial charge in [0.25, 0.3) is 0 Å². The van der Waals surface area contributed by atoms with Gasteiger partial charge in [-0.2, -0.15) is 0 Å². The van der Waals surface area contributed by atoms with Crippen molar-refractivity contribution in [1.82, 2.24) is 14.5 Å². The van der Waals surface area contributed by atoms with Crippen LogP contribution in [0, 0.1) is 0 Å². The molecule has 0 bridgehead atoms. The minimum absolute atomic E-state index is 0.787. The minimum Gasteiger partial charge on any atom is -0.309 e. The molecule has 9 aromatic rings. The highest BCUT2D eigenvalue weighted by Gasteiger charge is 2.41. The molecule has 2 aromatic heterocycles. The van der Waals surface area contributed by atoms with E-state index in [1.165, 1.54) is 60.1 Å². The second-order valence-electron chi connectivity index (χ2n) is 14.2. The molecule has 10 rings (SSSR count). The fourth-order valence-corrected chi connectivity index (χ4v) is 11.2. The van der Waals surface area contributed by atoms with Crippen molar-refractivity contribution in [3.63, 3.8) is 0 Å². The van der Waals surface area contributed by atoms with Gasteiger partial charge in [-0.15, -0.1) is 0 Å². The van der Waals surface area contributed by atoms with Gasteiger partial charge in [-0.05, 0) is 69.4 Å². The van der Waals surface area contributed by atoms with E-state index in [9.17, 15) is 0 Å². The highest BCUT2D eigenvalue weighted by Crippen LogP contribution is 2.42. The molecular formula is C48H35N3Si. The van der Waals surface area contributed by atoms with Crippen LogP contribution in [0.2, 0.25) is 13.1 Å². The predicted molar refractivity (Wildman–Crippen MR) is 220 cm³/mol. The molecule has 52 heavy (non-hydrogen) atoms. The van der Waals surface area contributed by atoms with E-state index in [0.717, 1.165) is 33.9 Å². The maximum absolute atomic E-state index is 5.39. The Bertz CT molecular complexity index is 2800. The van der Waals surface area contributed by atoms with E-state index in [2.05, 4.69) is 188 Å². The average molecular weight is 682 g/mol. The second kappa shape index (κ2) is 11.9. The van der Waals surface area contributed by atoms with Crippen LogP contribution >= 0.6 is 0 Å². The highest BCUT2D eigenvalue weighted by atomic mass is 28.3. The smallest absolute Gasteiger partial charge is 0.159 e. The maximum Gasteiger partial charge on any atom is 0.159 e. The van der Waals surface area contributed by atoms with E-state index in [1.54, 1.807) is 0 Å². The molecule has 0 spiro atoms. The molecule has 0 N–H and O–H groups in total. The lowest BCUT2D eigenvalue weighted by Crippen LogP contribution is -2.50. The van der Waals surface area contributed by atoms with Crippen molar-refractivity contribution in [3.8, 4) is 61.7 Å². The summed E-state index contributed by atoms with van der Waals surface area (Å²) in [6.45, 7) is 4.85. The number of aromatic nitrogens is 3. The minimum atomic E-state index is -2.07. The molecule has 0 atom stereocenters. The standard InChI is InChI=1S/C48H35N3Si/c1-52(2)43-27-13-12-24-39(43)45-46(49-47(50-48(45)52)33-18-8-4-9-19-33)36-21-14-20-35(30-36)38-25-15-26-42-44(38)40-31-34(32-16-6-3-7-17-32)28-29-41(40)51(42)37-22-10-5-11-23-37/h3-31H,1-2H3. The van der Waals surface area contributed by atoms with E-state index in [0.29, 0.717) is 0 Å². The molecule has 0 saturated heterocycles. The Labute approximate surface area is 304 Å². The largest absolute Gasteiger partial charge is 0.309 e. The summed E-state index contributed by atoms with van der Waals surface area (Å²) in [7, 11) is -2.07. The molecular weight excluding hydrogens is 647 g/mol. The average Bonchev–Trinajstić information content (AvgIpc) is 3.67. The van der Waals surface area contributed by atoms with Gasteiger partial charge < -0.3 is 4.57 Å². The van der Waals surface area contributed by atoms with Gasteiger partial charge >= 0.3 is 0 Å². The van der Waals surface area contributed by atoms with Gasteiger partial charge in [-0.3, -0.25) is 0 Å². The monoisotopic (exact) mass is 681 g/mol. The van der Waals surface area contributed by atoms with Crippen molar-refractivity contribution in [2.45, 2.75) is 13.1 Å². The number of para-hydroxylation sites is 1. The fraction of sp³-hybridized carbons (Fsp3) is 0.0417. The van der Waals surface area contributed by atoms with E-state index in [4.69, 9.17) is 9.97 Å². The number of rotatable bonds is 5. The van der Waals surface area contributed by atoms with Crippen LogP contribution in [0.3, 0.4) is 0 Å². The number of hydrogen-bond donors (Lipinski definition) is 0. The van der Waals surface area contributed by atoms with Gasteiger partial charge in [-0.1, -0.05) is 153 Å². The summed E-state index contributed by atoms with van der Waals surface area (Å²) in [4.78, 5) is 10.7. The SMILES string of the molecule is C[Si]1(C)c2ccccc2-c2c(-c3cccc(-c4cccc5c4c4cc(-c6ccccc6)ccc4n5-c4ccccc4)c3)nc(-c3ccccc3)nc21. The highest BCUT2D eigenvalue weighted by molar-refractivity contribution is 7.03. The number of benzene rings is 7. The third-order valence-corrected chi connectivity index (χ3v) is 14.1. The molecule has 0 fully saturated rings. The molecule has 1 aliphatic heterocycles. The maximum atomic E-state index is 5.39. The molecule has 0 radical (unpaired) electrons. The summed E-state index contributed by atoms with van der Waals surface area (Å²) in [5.41, 5.74) is 13.9. The Morgan fingerprint density at radius 1 is 0.462 bits per heavy atom. The molecule has 0 unspecified atom stereocenters. The molecule has 7 aromatic carbocycles. The van der Waals surface area contributed by atoms with E-state index >= 15 is 0 Å².